The molecular weight excluding hydrogens is 364 g/mol. The Morgan fingerprint density at radius 1 is 1.07 bits per heavy atom. The highest BCUT2D eigenvalue weighted by molar-refractivity contribution is 5.72. The van der Waals surface area contributed by atoms with Gasteiger partial charge in [0.1, 0.15) is 0 Å². The van der Waals surface area contributed by atoms with Crippen molar-refractivity contribution >= 4 is 5.97 Å². The normalized spacial score (nSPS) is 22.7. The molecule has 0 aliphatic heterocycles. The van der Waals surface area contributed by atoms with Crippen molar-refractivity contribution in [2.45, 2.75) is 123 Å². The Bertz CT molecular complexity index is 460. The van der Waals surface area contributed by atoms with Crippen molar-refractivity contribution in [1.29, 1.82) is 0 Å². The number of carbonyl (C=O) groups is 1. The number of aliphatic hydroxyl groups excluding tert-OH is 2. The third-order valence-electron chi connectivity index (χ3n) is 6.29. The molecule has 1 saturated carbocycles. The van der Waals surface area contributed by atoms with Crippen LogP contribution in [0.15, 0.2) is 11.6 Å². The lowest BCUT2D eigenvalue weighted by molar-refractivity contribution is -0.148. The van der Waals surface area contributed by atoms with Crippen LogP contribution in [-0.4, -0.2) is 35.0 Å². The molecule has 0 aromatic rings. The second-order valence-corrected chi connectivity index (χ2v) is 8.75. The minimum atomic E-state index is -0.245. The van der Waals surface area contributed by atoms with E-state index in [0.29, 0.717) is 6.61 Å². The summed E-state index contributed by atoms with van der Waals surface area (Å²) in [6, 6.07) is 0. The standard InChI is InChI=1S/C25H46O4/c1-4-7-9-14-22(26)18-16-20-17-19-24(27)23(20)15-11-8-10-13-21(12-5-2)25(28)29-6-3/h16,21-24,26-27H,4-15,17-19H2,1-3H3/t21?,22?,23-,24+/m1/s1. The van der Waals surface area contributed by atoms with Crippen molar-refractivity contribution in [3.8, 4) is 0 Å². The maximum Gasteiger partial charge on any atom is 0.308 e. The summed E-state index contributed by atoms with van der Waals surface area (Å²) < 4.78 is 5.20. The van der Waals surface area contributed by atoms with Crippen LogP contribution in [-0.2, 0) is 9.53 Å². The van der Waals surface area contributed by atoms with Crippen molar-refractivity contribution in [3.63, 3.8) is 0 Å². The Labute approximate surface area is 179 Å². The monoisotopic (exact) mass is 410 g/mol. The Kier molecular flexibility index (Phi) is 14.3. The van der Waals surface area contributed by atoms with Gasteiger partial charge in [0.15, 0.2) is 0 Å². The second kappa shape index (κ2) is 15.9. The molecule has 4 atom stereocenters. The summed E-state index contributed by atoms with van der Waals surface area (Å²) in [5.41, 5.74) is 1.35. The van der Waals surface area contributed by atoms with Crippen molar-refractivity contribution in [2.75, 3.05) is 6.61 Å². The fourth-order valence-corrected chi connectivity index (χ4v) is 4.54. The van der Waals surface area contributed by atoms with E-state index in [4.69, 9.17) is 4.74 Å². The minimum absolute atomic E-state index is 0.0386. The van der Waals surface area contributed by atoms with Crippen LogP contribution in [0.2, 0.25) is 0 Å². The van der Waals surface area contributed by atoms with E-state index in [9.17, 15) is 15.0 Å². The van der Waals surface area contributed by atoms with E-state index < -0.39 is 0 Å². The SMILES string of the molecule is CCCCCC(O)CC=C1CC[C@H](O)[C@@H]1CCCCCC(CCC)C(=O)OCC. The molecule has 0 bridgehead atoms. The van der Waals surface area contributed by atoms with Gasteiger partial charge >= 0.3 is 5.97 Å². The molecule has 0 amide bonds. The zero-order valence-corrected chi connectivity index (χ0v) is 19.2. The van der Waals surface area contributed by atoms with Crippen LogP contribution in [0.3, 0.4) is 0 Å². The summed E-state index contributed by atoms with van der Waals surface area (Å²) in [5, 5.41) is 20.5. The smallest absolute Gasteiger partial charge is 0.308 e. The highest BCUT2D eigenvalue weighted by Gasteiger charge is 2.29. The van der Waals surface area contributed by atoms with Crippen LogP contribution in [0.25, 0.3) is 0 Å². The number of esters is 1. The molecule has 0 aromatic carbocycles. The molecule has 29 heavy (non-hydrogen) atoms. The molecule has 1 aliphatic rings. The number of hydrogen-bond donors (Lipinski definition) is 2. The lowest BCUT2D eigenvalue weighted by atomic mass is 9.91. The third-order valence-corrected chi connectivity index (χ3v) is 6.29. The summed E-state index contributed by atoms with van der Waals surface area (Å²) in [6.45, 7) is 6.62. The molecule has 0 aromatic heterocycles. The van der Waals surface area contributed by atoms with Gasteiger partial charge < -0.3 is 14.9 Å². The molecule has 0 radical (unpaired) electrons. The largest absolute Gasteiger partial charge is 0.466 e. The molecule has 1 fully saturated rings. The van der Waals surface area contributed by atoms with Crippen LogP contribution in [0.4, 0.5) is 0 Å². The van der Waals surface area contributed by atoms with Crippen molar-refractivity contribution in [3.05, 3.63) is 11.6 Å². The highest BCUT2D eigenvalue weighted by atomic mass is 16.5. The van der Waals surface area contributed by atoms with Crippen LogP contribution in [0.1, 0.15) is 111 Å². The van der Waals surface area contributed by atoms with Gasteiger partial charge in [-0.2, -0.15) is 0 Å². The number of ether oxygens (including phenoxy) is 1. The van der Waals surface area contributed by atoms with E-state index in [-0.39, 0.29) is 30.0 Å². The Balaban J connectivity index is 2.34. The Morgan fingerprint density at radius 3 is 2.52 bits per heavy atom. The molecule has 170 valence electrons. The lowest BCUT2D eigenvalue weighted by Crippen LogP contribution is -2.18. The topological polar surface area (TPSA) is 66.8 Å². The highest BCUT2D eigenvalue weighted by Crippen LogP contribution is 2.36. The lowest BCUT2D eigenvalue weighted by Gasteiger charge is -2.18. The summed E-state index contributed by atoms with van der Waals surface area (Å²) in [7, 11) is 0. The maximum absolute atomic E-state index is 12.0. The fraction of sp³-hybridized carbons (Fsp3) is 0.880. The number of hydrogen-bond acceptors (Lipinski definition) is 4. The zero-order valence-electron chi connectivity index (χ0n) is 19.2. The van der Waals surface area contributed by atoms with Crippen LogP contribution in [0.5, 0.6) is 0 Å². The van der Waals surface area contributed by atoms with Gasteiger partial charge in [0, 0.05) is 5.92 Å². The number of carbonyl (C=O) groups excluding carboxylic acids is 1. The van der Waals surface area contributed by atoms with E-state index in [1.807, 2.05) is 6.92 Å². The molecule has 0 spiro atoms. The van der Waals surface area contributed by atoms with Crippen molar-refractivity contribution in [1.82, 2.24) is 0 Å². The second-order valence-electron chi connectivity index (χ2n) is 8.75. The average Bonchev–Trinajstić information content (AvgIpc) is 3.05. The van der Waals surface area contributed by atoms with Crippen LogP contribution >= 0.6 is 0 Å². The first kappa shape index (κ1) is 26.2. The summed E-state index contributed by atoms with van der Waals surface area (Å²) in [4.78, 5) is 12.0. The quantitative estimate of drug-likeness (QED) is 0.188. The molecule has 4 heteroatoms. The van der Waals surface area contributed by atoms with Gasteiger partial charge in [-0.1, -0.05) is 70.4 Å². The summed E-state index contributed by atoms with van der Waals surface area (Å²) in [5.74, 6) is 0.263. The summed E-state index contributed by atoms with van der Waals surface area (Å²) in [6.07, 6.45) is 15.7. The van der Waals surface area contributed by atoms with Crippen molar-refractivity contribution < 1.29 is 19.7 Å². The van der Waals surface area contributed by atoms with Crippen molar-refractivity contribution in [2.24, 2.45) is 11.8 Å². The zero-order chi connectivity index (χ0) is 21.5. The van der Waals surface area contributed by atoms with Crippen LogP contribution in [0, 0.1) is 11.8 Å². The molecule has 1 rings (SSSR count). The molecule has 0 saturated heterocycles. The molecule has 2 unspecified atom stereocenters. The molecular formula is C25H46O4. The van der Waals surface area contributed by atoms with Gasteiger partial charge in [-0.25, -0.2) is 0 Å². The fourth-order valence-electron chi connectivity index (χ4n) is 4.54. The predicted molar refractivity (Wildman–Crippen MR) is 120 cm³/mol. The predicted octanol–water partition coefficient (Wildman–Crippen LogP) is 5.94. The Morgan fingerprint density at radius 2 is 1.83 bits per heavy atom. The number of unbranched alkanes of at least 4 members (excludes halogenated alkanes) is 4. The van der Waals surface area contributed by atoms with E-state index in [1.165, 1.54) is 18.4 Å². The Hall–Kier alpha value is -0.870. The van der Waals surface area contributed by atoms with Gasteiger partial charge in [0.05, 0.1) is 24.7 Å². The third kappa shape index (κ3) is 10.6. The molecule has 2 N–H and O–H groups in total. The first-order chi connectivity index (χ1) is 14.0. The van der Waals surface area contributed by atoms with E-state index in [2.05, 4.69) is 19.9 Å². The molecule has 1 aliphatic carbocycles. The van der Waals surface area contributed by atoms with Crippen LogP contribution < -0.4 is 0 Å². The van der Waals surface area contributed by atoms with Gasteiger partial charge in [0.2, 0.25) is 0 Å². The molecule has 0 heterocycles. The summed E-state index contributed by atoms with van der Waals surface area (Å²) >= 11 is 0. The average molecular weight is 411 g/mol. The first-order valence-electron chi connectivity index (χ1n) is 12.2. The van der Waals surface area contributed by atoms with Gasteiger partial charge in [0.25, 0.3) is 0 Å². The molecule has 4 nitrogen and oxygen atoms in total. The number of rotatable bonds is 16. The van der Waals surface area contributed by atoms with E-state index >= 15 is 0 Å². The van der Waals surface area contributed by atoms with Gasteiger partial charge in [-0.3, -0.25) is 4.79 Å². The maximum atomic E-state index is 12.0. The minimum Gasteiger partial charge on any atom is -0.466 e. The number of aliphatic hydroxyl groups is 2. The van der Waals surface area contributed by atoms with Gasteiger partial charge in [-0.05, 0) is 51.9 Å². The van der Waals surface area contributed by atoms with E-state index in [0.717, 1.165) is 77.0 Å². The first-order valence-corrected chi connectivity index (χ1v) is 12.2. The van der Waals surface area contributed by atoms with E-state index in [1.54, 1.807) is 0 Å². The van der Waals surface area contributed by atoms with Gasteiger partial charge in [-0.15, -0.1) is 0 Å².